The fraction of sp³-hybridized carbons (Fsp3) is 0.429. The molecule has 5 heteroatoms. The SMILES string of the molecule is OCC(CO)Oc1cc[c]nn1. The minimum Gasteiger partial charge on any atom is -0.468 e. The summed E-state index contributed by atoms with van der Waals surface area (Å²) in [6, 6.07) is 3.08. The van der Waals surface area contributed by atoms with Crippen molar-refractivity contribution in [3.05, 3.63) is 18.3 Å². The first-order valence-corrected chi connectivity index (χ1v) is 3.45. The molecule has 0 aromatic carbocycles. The Morgan fingerprint density at radius 1 is 1.50 bits per heavy atom. The molecule has 1 aromatic heterocycles. The van der Waals surface area contributed by atoms with Gasteiger partial charge in [-0.15, -0.1) is 10.2 Å². The Morgan fingerprint density at radius 3 is 2.75 bits per heavy atom. The van der Waals surface area contributed by atoms with Crippen molar-refractivity contribution in [2.75, 3.05) is 13.2 Å². The molecule has 0 aliphatic heterocycles. The predicted octanol–water partition coefficient (Wildman–Crippen LogP) is -0.991. The molecule has 0 spiro atoms. The largest absolute Gasteiger partial charge is 0.468 e. The first-order chi connectivity index (χ1) is 5.86. The van der Waals surface area contributed by atoms with Crippen molar-refractivity contribution in [2.45, 2.75) is 6.10 Å². The van der Waals surface area contributed by atoms with Gasteiger partial charge in [0, 0.05) is 6.07 Å². The molecule has 0 bridgehead atoms. The molecule has 0 aliphatic carbocycles. The second-order valence-corrected chi connectivity index (χ2v) is 2.11. The fourth-order valence-electron chi connectivity index (χ4n) is 0.619. The van der Waals surface area contributed by atoms with Crippen molar-refractivity contribution in [3.63, 3.8) is 0 Å². The van der Waals surface area contributed by atoms with E-state index in [1.54, 1.807) is 6.07 Å². The maximum absolute atomic E-state index is 8.65. The van der Waals surface area contributed by atoms with Crippen LogP contribution >= 0.6 is 0 Å². The summed E-state index contributed by atoms with van der Waals surface area (Å²) < 4.78 is 5.02. The Bertz CT molecular complexity index is 213. The molecule has 0 fully saturated rings. The highest BCUT2D eigenvalue weighted by atomic mass is 16.5. The van der Waals surface area contributed by atoms with Gasteiger partial charge >= 0.3 is 0 Å². The van der Waals surface area contributed by atoms with Gasteiger partial charge in [0.2, 0.25) is 5.88 Å². The number of aliphatic hydroxyl groups is 2. The Morgan fingerprint density at radius 2 is 2.25 bits per heavy atom. The summed E-state index contributed by atoms with van der Waals surface area (Å²) in [5.74, 6) is 0.266. The Balaban J connectivity index is 2.51. The van der Waals surface area contributed by atoms with Gasteiger partial charge in [-0.2, -0.15) is 0 Å². The molecule has 0 amide bonds. The normalized spacial score (nSPS) is 10.2. The summed E-state index contributed by atoms with van der Waals surface area (Å²) in [4.78, 5) is 0. The number of ether oxygens (including phenoxy) is 1. The summed E-state index contributed by atoms with van der Waals surface area (Å²) in [6.45, 7) is -0.506. The number of aromatic nitrogens is 2. The highest BCUT2D eigenvalue weighted by Crippen LogP contribution is 2.03. The van der Waals surface area contributed by atoms with Crippen molar-refractivity contribution in [1.29, 1.82) is 0 Å². The lowest BCUT2D eigenvalue weighted by Gasteiger charge is -2.11. The zero-order valence-corrected chi connectivity index (χ0v) is 6.34. The third kappa shape index (κ3) is 2.44. The van der Waals surface area contributed by atoms with E-state index < -0.39 is 6.10 Å². The van der Waals surface area contributed by atoms with E-state index in [0.29, 0.717) is 0 Å². The molecule has 1 rings (SSSR count). The van der Waals surface area contributed by atoms with Crippen LogP contribution in [0.4, 0.5) is 0 Å². The lowest BCUT2D eigenvalue weighted by Crippen LogP contribution is -2.25. The maximum Gasteiger partial charge on any atom is 0.233 e. The zero-order chi connectivity index (χ0) is 8.81. The van der Waals surface area contributed by atoms with Crippen molar-refractivity contribution in [2.24, 2.45) is 0 Å². The van der Waals surface area contributed by atoms with Gasteiger partial charge in [0.1, 0.15) is 12.3 Å². The van der Waals surface area contributed by atoms with Gasteiger partial charge in [0.05, 0.1) is 13.2 Å². The lowest BCUT2D eigenvalue weighted by atomic mass is 10.4. The molecule has 1 aromatic rings. The molecule has 0 saturated heterocycles. The molecule has 1 radical (unpaired) electrons. The Labute approximate surface area is 69.6 Å². The number of hydrogen-bond acceptors (Lipinski definition) is 5. The van der Waals surface area contributed by atoms with Crippen LogP contribution in [0.15, 0.2) is 12.1 Å². The topological polar surface area (TPSA) is 75.5 Å². The lowest BCUT2D eigenvalue weighted by molar-refractivity contribution is 0.0589. The van der Waals surface area contributed by atoms with Crippen LogP contribution in [0.25, 0.3) is 0 Å². The van der Waals surface area contributed by atoms with Crippen LogP contribution in [0.1, 0.15) is 0 Å². The summed E-state index contributed by atoms with van der Waals surface area (Å²) in [6.07, 6.45) is 1.84. The standard InChI is InChI=1S/C7H9N2O3/c10-4-6(5-11)12-7-2-1-3-8-9-7/h1-2,6,10-11H,4-5H2. The van der Waals surface area contributed by atoms with Gasteiger partial charge in [-0.25, -0.2) is 0 Å². The molecule has 2 N–H and O–H groups in total. The Hall–Kier alpha value is -1.20. The third-order valence-corrected chi connectivity index (χ3v) is 1.20. The highest BCUT2D eigenvalue weighted by Gasteiger charge is 2.07. The molecular formula is C7H9N2O3. The van der Waals surface area contributed by atoms with Crippen molar-refractivity contribution >= 4 is 0 Å². The molecule has 0 saturated carbocycles. The van der Waals surface area contributed by atoms with E-state index in [-0.39, 0.29) is 19.1 Å². The molecule has 65 valence electrons. The second-order valence-electron chi connectivity index (χ2n) is 2.11. The van der Waals surface area contributed by atoms with Crippen LogP contribution in [0.5, 0.6) is 5.88 Å². The van der Waals surface area contributed by atoms with Gasteiger partial charge in [0.15, 0.2) is 0 Å². The monoisotopic (exact) mass is 169 g/mol. The molecular weight excluding hydrogens is 160 g/mol. The van der Waals surface area contributed by atoms with Gasteiger partial charge in [-0.05, 0) is 6.07 Å². The van der Waals surface area contributed by atoms with Gasteiger partial charge in [-0.3, -0.25) is 0 Å². The second kappa shape index (κ2) is 4.63. The third-order valence-electron chi connectivity index (χ3n) is 1.20. The number of aliphatic hydroxyl groups excluding tert-OH is 2. The van der Waals surface area contributed by atoms with Crippen molar-refractivity contribution < 1.29 is 14.9 Å². The maximum atomic E-state index is 8.65. The molecule has 0 atom stereocenters. The van der Waals surface area contributed by atoms with Crippen LogP contribution in [0.2, 0.25) is 0 Å². The van der Waals surface area contributed by atoms with E-state index in [1.165, 1.54) is 6.07 Å². The van der Waals surface area contributed by atoms with Crippen LogP contribution in [-0.2, 0) is 0 Å². The summed E-state index contributed by atoms with van der Waals surface area (Å²) in [5, 5.41) is 24.3. The van der Waals surface area contributed by atoms with Crippen LogP contribution in [-0.4, -0.2) is 39.7 Å². The van der Waals surface area contributed by atoms with E-state index in [0.717, 1.165) is 0 Å². The van der Waals surface area contributed by atoms with Gasteiger partial charge in [0.25, 0.3) is 0 Å². The molecule has 0 aliphatic rings. The van der Waals surface area contributed by atoms with E-state index in [9.17, 15) is 0 Å². The van der Waals surface area contributed by atoms with Crippen LogP contribution in [0.3, 0.4) is 0 Å². The predicted molar refractivity (Wildman–Crippen MR) is 39.5 cm³/mol. The summed E-state index contributed by atoms with van der Waals surface area (Å²) in [7, 11) is 0. The minimum absolute atomic E-state index is 0.253. The minimum atomic E-state index is -0.637. The first kappa shape index (κ1) is 8.89. The van der Waals surface area contributed by atoms with Crippen molar-refractivity contribution in [3.8, 4) is 5.88 Å². The smallest absolute Gasteiger partial charge is 0.233 e. The van der Waals surface area contributed by atoms with Crippen LogP contribution in [0, 0.1) is 6.20 Å². The number of rotatable bonds is 4. The van der Waals surface area contributed by atoms with E-state index in [1.807, 2.05) is 0 Å². The average molecular weight is 169 g/mol. The van der Waals surface area contributed by atoms with E-state index >= 15 is 0 Å². The fourth-order valence-corrected chi connectivity index (χ4v) is 0.619. The van der Waals surface area contributed by atoms with Crippen molar-refractivity contribution in [1.82, 2.24) is 10.2 Å². The number of nitrogens with zero attached hydrogens (tertiary/aromatic N) is 2. The first-order valence-electron chi connectivity index (χ1n) is 3.45. The number of hydrogen-bond donors (Lipinski definition) is 2. The van der Waals surface area contributed by atoms with Crippen LogP contribution < -0.4 is 4.74 Å². The average Bonchev–Trinajstić information content (AvgIpc) is 2.16. The molecule has 5 nitrogen and oxygen atoms in total. The Kier molecular flexibility index (Phi) is 3.43. The zero-order valence-electron chi connectivity index (χ0n) is 6.34. The summed E-state index contributed by atoms with van der Waals surface area (Å²) in [5.41, 5.74) is 0. The quantitative estimate of drug-likeness (QED) is 0.605. The molecule has 1 heterocycles. The summed E-state index contributed by atoms with van der Waals surface area (Å²) >= 11 is 0. The molecule has 12 heavy (non-hydrogen) atoms. The molecule has 0 unspecified atom stereocenters. The van der Waals surface area contributed by atoms with Gasteiger partial charge < -0.3 is 14.9 Å². The van der Waals surface area contributed by atoms with E-state index in [2.05, 4.69) is 16.4 Å². The van der Waals surface area contributed by atoms with E-state index in [4.69, 9.17) is 14.9 Å². The highest BCUT2D eigenvalue weighted by molar-refractivity contribution is 5.05. The van der Waals surface area contributed by atoms with Gasteiger partial charge in [-0.1, -0.05) is 0 Å².